The zero-order valence-electron chi connectivity index (χ0n) is 11.6. The van der Waals surface area contributed by atoms with Crippen molar-refractivity contribution >= 4 is 0 Å². The van der Waals surface area contributed by atoms with Crippen molar-refractivity contribution < 1.29 is 9.47 Å². The highest BCUT2D eigenvalue weighted by atomic mass is 16.5. The lowest BCUT2D eigenvalue weighted by atomic mass is 10.2. The van der Waals surface area contributed by atoms with E-state index in [-0.39, 0.29) is 0 Å². The summed E-state index contributed by atoms with van der Waals surface area (Å²) < 4.78 is 10.3. The first-order valence-electron chi connectivity index (χ1n) is 6.78. The molecule has 0 aromatic heterocycles. The van der Waals surface area contributed by atoms with Crippen LogP contribution < -0.4 is 5.32 Å². The van der Waals surface area contributed by atoms with Crippen molar-refractivity contribution in [1.29, 1.82) is 0 Å². The van der Waals surface area contributed by atoms with Crippen LogP contribution in [-0.2, 0) is 9.47 Å². The third-order valence-electron chi connectivity index (χ3n) is 3.28. The number of nitrogens with one attached hydrogen (secondary N) is 1. The second-order valence-electron chi connectivity index (χ2n) is 4.99. The van der Waals surface area contributed by atoms with Gasteiger partial charge in [0, 0.05) is 32.3 Å². The molecule has 1 N–H and O–H groups in total. The first-order valence-corrected chi connectivity index (χ1v) is 6.78. The summed E-state index contributed by atoms with van der Waals surface area (Å²) >= 11 is 0. The van der Waals surface area contributed by atoms with Crippen LogP contribution in [0.25, 0.3) is 0 Å². The van der Waals surface area contributed by atoms with Gasteiger partial charge in [0.05, 0.1) is 13.2 Å². The molecule has 0 spiro atoms. The SMILES string of the molecule is COCCOCCCNC1CCN(C(C)C)C1. The zero-order chi connectivity index (χ0) is 12.5. The molecule has 1 aliphatic heterocycles. The van der Waals surface area contributed by atoms with Crippen molar-refractivity contribution in [1.82, 2.24) is 10.2 Å². The van der Waals surface area contributed by atoms with Crippen LogP contribution in [-0.4, -0.2) is 63.5 Å². The molecular formula is C13H28N2O2. The maximum absolute atomic E-state index is 5.42. The lowest BCUT2D eigenvalue weighted by molar-refractivity contribution is 0.0692. The van der Waals surface area contributed by atoms with Gasteiger partial charge in [0.15, 0.2) is 0 Å². The Labute approximate surface area is 106 Å². The first kappa shape index (κ1) is 14.9. The van der Waals surface area contributed by atoms with Crippen molar-refractivity contribution in [2.75, 3.05) is 46.6 Å². The lowest BCUT2D eigenvalue weighted by Crippen LogP contribution is -2.35. The molecule has 1 rings (SSSR count). The number of hydrogen-bond acceptors (Lipinski definition) is 4. The quantitative estimate of drug-likeness (QED) is 0.616. The van der Waals surface area contributed by atoms with Crippen LogP contribution in [0, 0.1) is 0 Å². The molecule has 17 heavy (non-hydrogen) atoms. The Hall–Kier alpha value is -0.160. The van der Waals surface area contributed by atoms with Gasteiger partial charge in [-0.25, -0.2) is 0 Å². The van der Waals surface area contributed by atoms with Gasteiger partial charge in [-0.2, -0.15) is 0 Å². The van der Waals surface area contributed by atoms with E-state index in [2.05, 4.69) is 24.1 Å². The summed E-state index contributed by atoms with van der Waals surface area (Å²) in [5.74, 6) is 0. The molecule has 0 amide bonds. The molecule has 1 heterocycles. The van der Waals surface area contributed by atoms with Gasteiger partial charge < -0.3 is 14.8 Å². The van der Waals surface area contributed by atoms with Crippen LogP contribution in [0.5, 0.6) is 0 Å². The second kappa shape index (κ2) is 8.86. The van der Waals surface area contributed by atoms with E-state index in [1.54, 1.807) is 7.11 Å². The van der Waals surface area contributed by atoms with Gasteiger partial charge in [0.2, 0.25) is 0 Å². The van der Waals surface area contributed by atoms with E-state index in [1.807, 2.05) is 0 Å². The van der Waals surface area contributed by atoms with E-state index in [0.717, 1.165) is 19.6 Å². The summed E-state index contributed by atoms with van der Waals surface area (Å²) in [7, 11) is 1.70. The summed E-state index contributed by atoms with van der Waals surface area (Å²) in [5, 5.41) is 3.60. The number of methoxy groups -OCH3 is 1. The molecule has 102 valence electrons. The van der Waals surface area contributed by atoms with E-state index in [0.29, 0.717) is 25.3 Å². The molecule has 0 radical (unpaired) electrons. The van der Waals surface area contributed by atoms with Gasteiger partial charge >= 0.3 is 0 Å². The van der Waals surface area contributed by atoms with Crippen LogP contribution in [0.4, 0.5) is 0 Å². The molecule has 1 saturated heterocycles. The molecular weight excluding hydrogens is 216 g/mol. The van der Waals surface area contributed by atoms with Crippen LogP contribution >= 0.6 is 0 Å². The predicted octanol–water partition coefficient (Wildman–Crippen LogP) is 1.11. The molecule has 1 atom stereocenters. The Morgan fingerprint density at radius 3 is 2.76 bits per heavy atom. The van der Waals surface area contributed by atoms with Crippen molar-refractivity contribution in [3.8, 4) is 0 Å². The largest absolute Gasteiger partial charge is 0.382 e. The minimum Gasteiger partial charge on any atom is -0.382 e. The average Bonchev–Trinajstić information content (AvgIpc) is 2.77. The molecule has 4 nitrogen and oxygen atoms in total. The average molecular weight is 244 g/mol. The highest BCUT2D eigenvalue weighted by Crippen LogP contribution is 2.11. The highest BCUT2D eigenvalue weighted by molar-refractivity contribution is 4.82. The number of rotatable bonds is 9. The molecule has 0 aromatic rings. The van der Waals surface area contributed by atoms with Crippen LogP contribution in [0.1, 0.15) is 26.7 Å². The Morgan fingerprint density at radius 1 is 1.29 bits per heavy atom. The molecule has 0 aliphatic carbocycles. The van der Waals surface area contributed by atoms with Crippen molar-refractivity contribution in [3.05, 3.63) is 0 Å². The minimum absolute atomic E-state index is 0.677. The van der Waals surface area contributed by atoms with Crippen LogP contribution in [0.15, 0.2) is 0 Å². The van der Waals surface area contributed by atoms with Gasteiger partial charge in [-0.15, -0.1) is 0 Å². The van der Waals surface area contributed by atoms with Crippen LogP contribution in [0.2, 0.25) is 0 Å². The minimum atomic E-state index is 0.677. The third-order valence-corrected chi connectivity index (χ3v) is 3.28. The molecule has 0 bridgehead atoms. The summed E-state index contributed by atoms with van der Waals surface area (Å²) in [6.45, 7) is 10.3. The fourth-order valence-corrected chi connectivity index (χ4v) is 2.15. The van der Waals surface area contributed by atoms with Gasteiger partial charge in [-0.3, -0.25) is 4.90 Å². The topological polar surface area (TPSA) is 33.7 Å². The normalized spacial score (nSPS) is 21.5. The van der Waals surface area contributed by atoms with E-state index < -0.39 is 0 Å². The summed E-state index contributed by atoms with van der Waals surface area (Å²) in [5.41, 5.74) is 0. The molecule has 0 aromatic carbocycles. The Kier molecular flexibility index (Phi) is 7.77. The Bertz CT molecular complexity index is 188. The van der Waals surface area contributed by atoms with Gasteiger partial charge in [-0.05, 0) is 39.8 Å². The zero-order valence-corrected chi connectivity index (χ0v) is 11.6. The number of nitrogens with zero attached hydrogens (tertiary/aromatic N) is 1. The monoisotopic (exact) mass is 244 g/mol. The maximum atomic E-state index is 5.42. The van der Waals surface area contributed by atoms with E-state index >= 15 is 0 Å². The van der Waals surface area contributed by atoms with Crippen molar-refractivity contribution in [2.45, 2.75) is 38.8 Å². The van der Waals surface area contributed by atoms with E-state index in [1.165, 1.54) is 19.5 Å². The van der Waals surface area contributed by atoms with Gasteiger partial charge in [-0.1, -0.05) is 0 Å². The molecule has 0 saturated carbocycles. The second-order valence-corrected chi connectivity index (χ2v) is 4.99. The summed E-state index contributed by atoms with van der Waals surface area (Å²) in [6.07, 6.45) is 2.37. The van der Waals surface area contributed by atoms with E-state index in [4.69, 9.17) is 9.47 Å². The Balaban J connectivity index is 1.90. The predicted molar refractivity (Wildman–Crippen MR) is 70.4 cm³/mol. The molecule has 1 fully saturated rings. The standard InChI is InChI=1S/C13H28N2O2/c1-12(2)15-7-5-13(11-15)14-6-4-8-17-10-9-16-3/h12-14H,4-11H2,1-3H3. The summed E-state index contributed by atoms with van der Waals surface area (Å²) in [6, 6.07) is 1.36. The Morgan fingerprint density at radius 2 is 2.12 bits per heavy atom. The van der Waals surface area contributed by atoms with E-state index in [9.17, 15) is 0 Å². The smallest absolute Gasteiger partial charge is 0.0700 e. The molecule has 1 aliphatic rings. The fraction of sp³-hybridized carbons (Fsp3) is 1.00. The van der Waals surface area contributed by atoms with Gasteiger partial charge in [0.25, 0.3) is 0 Å². The highest BCUT2D eigenvalue weighted by Gasteiger charge is 2.23. The van der Waals surface area contributed by atoms with Crippen LogP contribution in [0.3, 0.4) is 0 Å². The van der Waals surface area contributed by atoms with Crippen molar-refractivity contribution in [3.63, 3.8) is 0 Å². The maximum Gasteiger partial charge on any atom is 0.0700 e. The number of likely N-dealkylation sites (tertiary alicyclic amines) is 1. The van der Waals surface area contributed by atoms with Crippen molar-refractivity contribution in [2.24, 2.45) is 0 Å². The lowest BCUT2D eigenvalue weighted by Gasteiger charge is -2.20. The fourth-order valence-electron chi connectivity index (χ4n) is 2.15. The number of ether oxygens (including phenoxy) is 2. The first-order chi connectivity index (χ1) is 8.24. The van der Waals surface area contributed by atoms with Gasteiger partial charge in [0.1, 0.15) is 0 Å². The summed E-state index contributed by atoms with van der Waals surface area (Å²) in [4.78, 5) is 2.53. The molecule has 1 unspecified atom stereocenters. The molecule has 4 heteroatoms. The third kappa shape index (κ3) is 6.36. The number of hydrogen-bond donors (Lipinski definition) is 1.